The van der Waals surface area contributed by atoms with Gasteiger partial charge in [0.15, 0.2) is 5.54 Å². The second-order valence-electron chi connectivity index (χ2n) is 6.22. The third-order valence-corrected chi connectivity index (χ3v) is 4.95. The first-order valence-corrected chi connectivity index (χ1v) is 8.58. The monoisotopic (exact) mass is 365 g/mol. The second-order valence-corrected chi connectivity index (χ2v) is 8.18. The van der Waals surface area contributed by atoms with Crippen LogP contribution in [0.5, 0.6) is 0 Å². The minimum atomic E-state index is -3.19. The lowest BCUT2D eigenvalue weighted by Gasteiger charge is -2.36. The van der Waals surface area contributed by atoms with Gasteiger partial charge in [-0.2, -0.15) is 0 Å². The van der Waals surface area contributed by atoms with E-state index in [4.69, 9.17) is 4.74 Å². The predicted octanol–water partition coefficient (Wildman–Crippen LogP) is 3.29. The molecule has 0 aromatic heterocycles. The van der Waals surface area contributed by atoms with Gasteiger partial charge in [-0.05, 0) is 33.8 Å². The number of halogens is 3. The van der Waals surface area contributed by atoms with Crippen molar-refractivity contribution in [3.63, 3.8) is 0 Å². The molecule has 0 spiro atoms. The van der Waals surface area contributed by atoms with Crippen molar-refractivity contribution >= 4 is 17.3 Å². The Bertz CT molecular complexity index is 566. The van der Waals surface area contributed by atoms with Gasteiger partial charge in [-0.15, -0.1) is 4.72 Å². The van der Waals surface area contributed by atoms with Crippen LogP contribution in [0.2, 0.25) is 0 Å². The van der Waals surface area contributed by atoms with Crippen LogP contribution in [0, 0.1) is 5.82 Å². The molecule has 0 aliphatic rings. The summed E-state index contributed by atoms with van der Waals surface area (Å²) in [6.45, 7) is 6.28. The number of ether oxygens (including phenoxy) is 1. The highest BCUT2D eigenvalue weighted by atomic mass is 32.2. The molecule has 2 atom stereocenters. The Morgan fingerprint density at radius 3 is 2.38 bits per heavy atom. The van der Waals surface area contributed by atoms with Gasteiger partial charge in [0, 0.05) is 16.9 Å². The maximum Gasteiger partial charge on any atom is 0.308 e. The molecule has 1 rings (SSSR count). The molecule has 1 aromatic carbocycles. The van der Waals surface area contributed by atoms with Gasteiger partial charge in [-0.3, -0.25) is 4.79 Å². The highest BCUT2D eigenvalue weighted by molar-refractivity contribution is 7.90. The zero-order valence-electron chi connectivity index (χ0n) is 14.1. The summed E-state index contributed by atoms with van der Waals surface area (Å²) in [6.07, 6.45) is -4.04. The second kappa shape index (κ2) is 8.22. The van der Waals surface area contributed by atoms with E-state index in [1.165, 1.54) is 19.1 Å². The number of hydrogen-bond donors (Lipinski definition) is 1. The van der Waals surface area contributed by atoms with Crippen LogP contribution in [0.1, 0.15) is 39.7 Å². The van der Waals surface area contributed by atoms with E-state index in [0.717, 1.165) is 12.1 Å². The zero-order chi connectivity index (χ0) is 18.5. The Labute approximate surface area is 143 Å². The summed E-state index contributed by atoms with van der Waals surface area (Å²) < 4.78 is 60.8. The van der Waals surface area contributed by atoms with Crippen molar-refractivity contribution in [3.05, 3.63) is 35.6 Å². The van der Waals surface area contributed by atoms with Crippen molar-refractivity contribution in [1.29, 1.82) is 0 Å². The topological polar surface area (TPSA) is 61.4 Å². The average Bonchev–Trinajstić information content (AvgIpc) is 2.45. The van der Waals surface area contributed by atoms with Crippen LogP contribution in [0.4, 0.5) is 13.2 Å². The van der Waals surface area contributed by atoms with Crippen molar-refractivity contribution in [2.75, 3.05) is 6.61 Å². The maximum absolute atomic E-state index is 14.2. The summed E-state index contributed by atoms with van der Waals surface area (Å²) >= 11 is -1.96. The lowest BCUT2D eigenvalue weighted by molar-refractivity contribution is -0.147. The maximum atomic E-state index is 14.2. The van der Waals surface area contributed by atoms with Gasteiger partial charge in [0.1, 0.15) is 10.6 Å². The van der Waals surface area contributed by atoms with Gasteiger partial charge >= 0.3 is 5.97 Å². The molecule has 8 heteroatoms. The molecular formula is C16H22F3NO3S. The van der Waals surface area contributed by atoms with Crippen molar-refractivity contribution in [2.45, 2.75) is 50.8 Å². The van der Waals surface area contributed by atoms with Crippen LogP contribution >= 0.6 is 0 Å². The standard InChI is InChI=1S/C16H22F3NO3S/c1-5-23-13(21)10-16(14(18)19,20-24(22)15(2,3)4)11-8-6-7-9-12(11)17/h6-9,14,20H,5,10H2,1-4H3/t16-,24+/m1/s1. The zero-order valence-corrected chi connectivity index (χ0v) is 14.9. The molecule has 24 heavy (non-hydrogen) atoms. The van der Waals surface area contributed by atoms with Crippen LogP contribution in [0.15, 0.2) is 24.3 Å². The Morgan fingerprint density at radius 1 is 1.33 bits per heavy atom. The number of benzene rings is 1. The molecule has 4 nitrogen and oxygen atoms in total. The first-order chi connectivity index (χ1) is 11.0. The average molecular weight is 365 g/mol. The van der Waals surface area contributed by atoms with Gasteiger partial charge in [0.25, 0.3) is 6.43 Å². The molecular weight excluding hydrogens is 343 g/mol. The van der Waals surface area contributed by atoms with E-state index in [1.807, 2.05) is 0 Å². The van der Waals surface area contributed by atoms with Crippen LogP contribution < -0.4 is 4.72 Å². The van der Waals surface area contributed by atoms with Crippen LogP contribution in [-0.2, 0) is 26.4 Å². The molecule has 0 amide bonds. The fourth-order valence-corrected chi connectivity index (χ4v) is 2.91. The van der Waals surface area contributed by atoms with Gasteiger partial charge in [0.05, 0.1) is 13.0 Å². The molecule has 1 N–H and O–H groups in total. The van der Waals surface area contributed by atoms with Crippen molar-refractivity contribution in [2.24, 2.45) is 0 Å². The summed E-state index contributed by atoms with van der Waals surface area (Å²) in [6, 6.07) is 4.88. The number of hydrogen-bond acceptors (Lipinski definition) is 4. The smallest absolute Gasteiger partial charge is 0.308 e. The fraction of sp³-hybridized carbons (Fsp3) is 0.562. The molecule has 0 fully saturated rings. The first kappa shape index (κ1) is 20.8. The molecule has 0 aliphatic heterocycles. The van der Waals surface area contributed by atoms with Gasteiger partial charge in [-0.25, -0.2) is 13.2 Å². The number of nitrogens with one attached hydrogen (secondary N) is 1. The Hall–Kier alpha value is -1.25. The number of alkyl halides is 2. The Morgan fingerprint density at radius 2 is 1.92 bits per heavy atom. The lowest BCUT2D eigenvalue weighted by atomic mass is 9.87. The highest BCUT2D eigenvalue weighted by Gasteiger charge is 2.51. The number of rotatable bonds is 7. The van der Waals surface area contributed by atoms with Gasteiger partial charge in [0.2, 0.25) is 0 Å². The molecule has 0 saturated carbocycles. The van der Waals surface area contributed by atoms with Crippen LogP contribution in [0.3, 0.4) is 0 Å². The lowest BCUT2D eigenvalue weighted by Crippen LogP contribution is -2.56. The highest BCUT2D eigenvalue weighted by Crippen LogP contribution is 2.36. The van der Waals surface area contributed by atoms with Gasteiger partial charge < -0.3 is 9.29 Å². The van der Waals surface area contributed by atoms with E-state index in [0.29, 0.717) is 0 Å². The summed E-state index contributed by atoms with van der Waals surface area (Å²) in [5.41, 5.74) is -2.87. The van der Waals surface area contributed by atoms with E-state index >= 15 is 0 Å². The fourth-order valence-electron chi connectivity index (χ4n) is 2.01. The molecule has 0 saturated heterocycles. The van der Waals surface area contributed by atoms with Crippen molar-refractivity contribution in [1.82, 2.24) is 4.72 Å². The molecule has 0 radical (unpaired) electrons. The molecule has 136 valence electrons. The summed E-state index contributed by atoms with van der Waals surface area (Å²) in [5.74, 6) is -1.85. The Kier molecular flexibility index (Phi) is 7.12. The van der Waals surface area contributed by atoms with E-state index in [9.17, 15) is 22.5 Å². The molecule has 0 unspecified atom stereocenters. The molecule has 1 aromatic rings. The molecule has 0 aliphatic carbocycles. The van der Waals surface area contributed by atoms with Crippen molar-refractivity contribution in [3.8, 4) is 0 Å². The third-order valence-electron chi connectivity index (χ3n) is 3.29. The third kappa shape index (κ3) is 4.87. The van der Waals surface area contributed by atoms with E-state index in [2.05, 4.69) is 4.72 Å². The number of carbonyl (C=O) groups excluding carboxylic acids is 1. The van der Waals surface area contributed by atoms with E-state index in [-0.39, 0.29) is 6.61 Å². The molecule has 0 bridgehead atoms. The number of esters is 1. The largest absolute Gasteiger partial charge is 0.598 e. The summed E-state index contributed by atoms with van der Waals surface area (Å²) in [7, 11) is 0. The summed E-state index contributed by atoms with van der Waals surface area (Å²) in [4.78, 5) is 11.9. The normalized spacial score (nSPS) is 15.9. The van der Waals surface area contributed by atoms with E-state index in [1.54, 1.807) is 20.8 Å². The minimum Gasteiger partial charge on any atom is -0.598 e. The predicted molar refractivity (Wildman–Crippen MR) is 86.4 cm³/mol. The Balaban J connectivity index is 3.40. The SMILES string of the molecule is CCOC(=O)C[C@@](N[S@@+]([O-])C(C)(C)C)(c1ccccc1F)C(F)F. The van der Waals surface area contributed by atoms with Crippen LogP contribution in [0.25, 0.3) is 0 Å². The van der Waals surface area contributed by atoms with E-state index < -0.39 is 51.8 Å². The van der Waals surface area contributed by atoms with Crippen molar-refractivity contribution < 1.29 is 27.3 Å². The van der Waals surface area contributed by atoms with Crippen LogP contribution in [-0.4, -0.2) is 28.3 Å². The first-order valence-electron chi connectivity index (χ1n) is 7.43. The quantitative estimate of drug-likeness (QED) is 0.595. The minimum absolute atomic E-state index is 0.00220. The van der Waals surface area contributed by atoms with Gasteiger partial charge in [-0.1, -0.05) is 18.2 Å². The molecule has 0 heterocycles. The summed E-state index contributed by atoms with van der Waals surface area (Å²) in [5, 5.41) is 0. The number of carbonyl (C=O) groups is 1.